The van der Waals surface area contributed by atoms with Gasteiger partial charge in [0.1, 0.15) is 0 Å². The van der Waals surface area contributed by atoms with Crippen molar-refractivity contribution in [1.29, 1.82) is 0 Å². The van der Waals surface area contributed by atoms with Gasteiger partial charge in [0.15, 0.2) is 0 Å². The number of rotatable bonds is 0. The Kier molecular flexibility index (Phi) is 2.59. The third-order valence-electron chi connectivity index (χ3n) is 3.31. The van der Waals surface area contributed by atoms with E-state index in [0.29, 0.717) is 0 Å². The molecule has 0 N–H and O–H groups in total. The van der Waals surface area contributed by atoms with Crippen LogP contribution in [0.5, 0.6) is 0 Å². The number of hydrogen-bond acceptors (Lipinski definition) is 3. The second-order valence-corrected chi connectivity index (χ2v) is 5.15. The fraction of sp³-hybridized carbons (Fsp3) is 0.214. The molecule has 1 aromatic carbocycles. The van der Waals surface area contributed by atoms with Crippen LogP contribution in [-0.4, -0.2) is 13.2 Å². The van der Waals surface area contributed by atoms with Crippen molar-refractivity contribution in [1.82, 2.24) is 0 Å². The molecule has 18 heavy (non-hydrogen) atoms. The Bertz CT molecular complexity index is 605. The van der Waals surface area contributed by atoms with Crippen LogP contribution in [0.4, 0.5) is 10.5 Å². The Morgan fingerprint density at radius 2 is 2.11 bits per heavy atom. The van der Waals surface area contributed by atoms with Gasteiger partial charge < -0.3 is 4.74 Å². The summed E-state index contributed by atoms with van der Waals surface area (Å²) >= 11 is 1.71. The van der Waals surface area contributed by atoms with Crippen LogP contribution in [0.25, 0.3) is 10.4 Å². The van der Waals surface area contributed by atoms with Crippen LogP contribution in [0.15, 0.2) is 35.7 Å². The van der Waals surface area contributed by atoms with Crippen molar-refractivity contribution in [3.63, 3.8) is 0 Å². The summed E-state index contributed by atoms with van der Waals surface area (Å²) in [6, 6.07) is 10.0. The number of hydrogen-bond donors (Lipinski definition) is 0. The summed E-state index contributed by atoms with van der Waals surface area (Å²) < 4.78 is 4.90. The molecule has 3 rings (SSSR count). The Morgan fingerprint density at radius 1 is 1.33 bits per heavy atom. The molecule has 2 aromatic rings. The number of methoxy groups -OCH3 is 1. The monoisotopic (exact) mass is 259 g/mol. The topological polar surface area (TPSA) is 29.5 Å². The van der Waals surface area contributed by atoms with Crippen LogP contribution in [0.2, 0.25) is 0 Å². The molecule has 3 nitrogen and oxygen atoms in total. The average molecular weight is 259 g/mol. The maximum absolute atomic E-state index is 12.0. The number of carbonyl (C=O) groups excluding carboxylic acids is 1. The second-order valence-electron chi connectivity index (χ2n) is 4.24. The third-order valence-corrected chi connectivity index (χ3v) is 4.28. The van der Waals surface area contributed by atoms with Crippen molar-refractivity contribution < 1.29 is 9.53 Å². The molecule has 1 atom stereocenters. The maximum atomic E-state index is 12.0. The van der Waals surface area contributed by atoms with Gasteiger partial charge in [-0.2, -0.15) is 0 Å². The van der Waals surface area contributed by atoms with Crippen LogP contribution >= 0.6 is 11.3 Å². The summed E-state index contributed by atoms with van der Waals surface area (Å²) in [5.74, 6) is 0. The van der Waals surface area contributed by atoms with E-state index in [9.17, 15) is 4.79 Å². The molecule has 1 unspecified atom stereocenters. The van der Waals surface area contributed by atoms with E-state index in [-0.39, 0.29) is 12.1 Å². The highest BCUT2D eigenvalue weighted by atomic mass is 32.1. The summed E-state index contributed by atoms with van der Waals surface area (Å²) in [5, 5.41) is 2.07. The summed E-state index contributed by atoms with van der Waals surface area (Å²) in [6.07, 6.45) is -0.313. The summed E-state index contributed by atoms with van der Waals surface area (Å²) in [5.41, 5.74) is 3.21. The highest BCUT2D eigenvalue weighted by molar-refractivity contribution is 7.13. The predicted octanol–water partition coefficient (Wildman–Crippen LogP) is 4.06. The van der Waals surface area contributed by atoms with Crippen LogP contribution < -0.4 is 4.90 Å². The molecule has 4 heteroatoms. The molecular formula is C14H13NO2S. The van der Waals surface area contributed by atoms with Gasteiger partial charge in [-0.05, 0) is 30.0 Å². The standard InChI is InChI=1S/C14H13NO2S/c1-9-10-7-8-18-13(10)11-5-3-4-6-12(11)15(9)14(16)17-2/h3-9H,1-2H3. The van der Waals surface area contributed by atoms with Crippen molar-refractivity contribution in [2.75, 3.05) is 12.0 Å². The lowest BCUT2D eigenvalue weighted by Crippen LogP contribution is -2.35. The molecule has 2 heterocycles. The number of amides is 1. The van der Waals surface area contributed by atoms with Gasteiger partial charge in [0, 0.05) is 10.4 Å². The lowest BCUT2D eigenvalue weighted by atomic mass is 9.96. The zero-order valence-corrected chi connectivity index (χ0v) is 11.0. The van der Waals surface area contributed by atoms with E-state index >= 15 is 0 Å². The number of para-hydroxylation sites is 1. The molecule has 0 saturated carbocycles. The van der Waals surface area contributed by atoms with E-state index in [0.717, 1.165) is 11.3 Å². The van der Waals surface area contributed by atoms with E-state index in [1.54, 1.807) is 16.2 Å². The number of ether oxygens (including phenoxy) is 1. The van der Waals surface area contributed by atoms with Crippen LogP contribution in [0.1, 0.15) is 18.5 Å². The first-order valence-corrected chi connectivity index (χ1v) is 6.66. The van der Waals surface area contributed by atoms with Gasteiger partial charge in [-0.1, -0.05) is 18.2 Å². The minimum absolute atomic E-state index is 0.00796. The van der Waals surface area contributed by atoms with Gasteiger partial charge in [-0.15, -0.1) is 11.3 Å². The predicted molar refractivity (Wildman–Crippen MR) is 73.1 cm³/mol. The molecule has 0 radical (unpaired) electrons. The number of carbonyl (C=O) groups is 1. The highest BCUT2D eigenvalue weighted by Gasteiger charge is 2.33. The summed E-state index contributed by atoms with van der Waals surface area (Å²) in [4.78, 5) is 14.9. The van der Waals surface area contributed by atoms with Gasteiger partial charge in [-0.3, -0.25) is 4.90 Å². The largest absolute Gasteiger partial charge is 0.452 e. The van der Waals surface area contributed by atoms with Crippen molar-refractivity contribution in [3.8, 4) is 10.4 Å². The lowest BCUT2D eigenvalue weighted by Gasteiger charge is -2.34. The number of anilines is 1. The van der Waals surface area contributed by atoms with Crippen LogP contribution in [-0.2, 0) is 4.74 Å². The molecule has 0 spiro atoms. The lowest BCUT2D eigenvalue weighted by molar-refractivity contribution is 0.176. The van der Waals surface area contributed by atoms with Crippen molar-refractivity contribution in [2.45, 2.75) is 13.0 Å². The molecule has 0 aliphatic carbocycles. The highest BCUT2D eigenvalue weighted by Crippen LogP contribution is 2.47. The Labute approximate surface area is 110 Å². The van der Waals surface area contributed by atoms with Gasteiger partial charge in [0.25, 0.3) is 0 Å². The SMILES string of the molecule is COC(=O)N1c2ccccc2-c2sccc2C1C. The normalized spacial score (nSPS) is 17.0. The molecule has 0 saturated heterocycles. The number of thiophene rings is 1. The van der Waals surface area contributed by atoms with Gasteiger partial charge >= 0.3 is 6.09 Å². The number of nitrogens with zero attached hydrogens (tertiary/aromatic N) is 1. The fourth-order valence-corrected chi connectivity index (χ4v) is 3.47. The Hall–Kier alpha value is -1.81. The summed E-state index contributed by atoms with van der Waals surface area (Å²) in [6.45, 7) is 2.03. The smallest absolute Gasteiger partial charge is 0.414 e. The van der Waals surface area contributed by atoms with Crippen molar-refractivity contribution in [2.24, 2.45) is 0 Å². The van der Waals surface area contributed by atoms with E-state index in [4.69, 9.17) is 4.74 Å². The first-order chi connectivity index (χ1) is 8.74. The Balaban J connectivity index is 2.24. The van der Waals surface area contributed by atoms with E-state index in [1.165, 1.54) is 17.6 Å². The van der Waals surface area contributed by atoms with E-state index in [2.05, 4.69) is 11.4 Å². The minimum atomic E-state index is -0.313. The first kappa shape index (κ1) is 11.3. The molecule has 0 bridgehead atoms. The molecule has 92 valence electrons. The van der Waals surface area contributed by atoms with Gasteiger partial charge in [0.05, 0.1) is 18.8 Å². The number of fused-ring (bicyclic) bond motifs is 3. The Morgan fingerprint density at radius 3 is 2.89 bits per heavy atom. The van der Waals surface area contributed by atoms with Gasteiger partial charge in [0.2, 0.25) is 0 Å². The average Bonchev–Trinajstić information content (AvgIpc) is 2.88. The minimum Gasteiger partial charge on any atom is -0.452 e. The fourth-order valence-electron chi connectivity index (χ4n) is 2.45. The molecule has 1 aliphatic rings. The van der Waals surface area contributed by atoms with Gasteiger partial charge in [-0.25, -0.2) is 4.79 Å². The second kappa shape index (κ2) is 4.14. The molecule has 0 fully saturated rings. The third kappa shape index (κ3) is 1.46. The molecule has 1 amide bonds. The zero-order chi connectivity index (χ0) is 12.7. The maximum Gasteiger partial charge on any atom is 0.414 e. The van der Waals surface area contributed by atoms with E-state index in [1.807, 2.05) is 31.2 Å². The quantitative estimate of drug-likeness (QED) is 0.714. The molecule has 1 aliphatic heterocycles. The zero-order valence-electron chi connectivity index (χ0n) is 10.2. The molecule has 1 aromatic heterocycles. The van der Waals surface area contributed by atoms with E-state index < -0.39 is 0 Å². The van der Waals surface area contributed by atoms with Crippen LogP contribution in [0.3, 0.4) is 0 Å². The summed E-state index contributed by atoms with van der Waals surface area (Å²) in [7, 11) is 1.42. The number of benzene rings is 1. The van der Waals surface area contributed by atoms with Crippen LogP contribution in [0, 0.1) is 0 Å². The molecular weight excluding hydrogens is 246 g/mol. The first-order valence-electron chi connectivity index (χ1n) is 5.78. The van der Waals surface area contributed by atoms with Crippen molar-refractivity contribution in [3.05, 3.63) is 41.3 Å². The van der Waals surface area contributed by atoms with Crippen molar-refractivity contribution >= 4 is 23.1 Å².